The fourth-order valence-electron chi connectivity index (χ4n) is 1.97. The molecular formula is C14H8BrClN2O. The van der Waals surface area contributed by atoms with Gasteiger partial charge in [-0.3, -0.25) is 4.79 Å². The summed E-state index contributed by atoms with van der Waals surface area (Å²) < 4.78 is 0.966. The van der Waals surface area contributed by atoms with Gasteiger partial charge in [0.05, 0.1) is 10.9 Å². The number of pyridine rings is 2. The van der Waals surface area contributed by atoms with Crippen molar-refractivity contribution < 1.29 is 0 Å². The number of fused-ring (bicyclic) bond motifs is 1. The lowest BCUT2D eigenvalue weighted by atomic mass is 10.1. The Morgan fingerprint density at radius 1 is 1.16 bits per heavy atom. The normalized spacial score (nSPS) is 10.8. The van der Waals surface area contributed by atoms with Crippen molar-refractivity contribution in [3.05, 3.63) is 62.6 Å². The van der Waals surface area contributed by atoms with Crippen LogP contribution in [0.15, 0.2) is 52.0 Å². The molecule has 19 heavy (non-hydrogen) atoms. The van der Waals surface area contributed by atoms with Crippen LogP contribution in [0.2, 0.25) is 5.15 Å². The van der Waals surface area contributed by atoms with Crippen LogP contribution < -0.4 is 5.43 Å². The van der Waals surface area contributed by atoms with Gasteiger partial charge in [-0.2, -0.15) is 0 Å². The van der Waals surface area contributed by atoms with E-state index in [0.717, 1.165) is 10.0 Å². The molecule has 0 atom stereocenters. The molecule has 0 radical (unpaired) electrons. The molecule has 3 rings (SSSR count). The lowest BCUT2D eigenvalue weighted by Crippen LogP contribution is -2.07. The van der Waals surface area contributed by atoms with E-state index in [1.54, 1.807) is 18.5 Å². The summed E-state index contributed by atoms with van der Waals surface area (Å²) in [5.41, 5.74) is 1.99. The number of aromatic nitrogens is 2. The van der Waals surface area contributed by atoms with Gasteiger partial charge in [-0.05, 0) is 23.8 Å². The predicted octanol–water partition coefficient (Wildman–Crippen LogP) is 4.01. The summed E-state index contributed by atoms with van der Waals surface area (Å²) in [6, 6.07) is 9.27. The number of hydrogen-bond acceptors (Lipinski definition) is 2. The highest BCUT2D eigenvalue weighted by molar-refractivity contribution is 9.10. The number of nitrogens with zero attached hydrogens (tertiary/aromatic N) is 1. The Bertz CT molecular complexity index is 812. The molecule has 0 amide bonds. The Morgan fingerprint density at radius 2 is 1.89 bits per heavy atom. The maximum absolute atomic E-state index is 12.5. The monoisotopic (exact) mass is 334 g/mol. The number of benzene rings is 1. The first-order valence-electron chi connectivity index (χ1n) is 5.58. The third-order valence-corrected chi connectivity index (χ3v) is 3.72. The average Bonchev–Trinajstić information content (AvgIpc) is 2.40. The first-order chi connectivity index (χ1) is 9.16. The smallest absolute Gasteiger partial charge is 0.200 e. The van der Waals surface area contributed by atoms with Crippen LogP contribution in [0.3, 0.4) is 0 Å². The molecule has 2 aromatic heterocycles. The second-order valence-electron chi connectivity index (χ2n) is 4.06. The third-order valence-electron chi connectivity index (χ3n) is 2.90. The Hall–Kier alpha value is -1.65. The van der Waals surface area contributed by atoms with E-state index >= 15 is 0 Å². The van der Waals surface area contributed by atoms with Gasteiger partial charge in [-0.15, -0.1) is 0 Å². The molecule has 0 saturated heterocycles. The van der Waals surface area contributed by atoms with Gasteiger partial charge in [0.25, 0.3) is 0 Å². The van der Waals surface area contributed by atoms with Gasteiger partial charge in [0.1, 0.15) is 5.15 Å². The number of nitrogens with one attached hydrogen (secondary N) is 1. The van der Waals surface area contributed by atoms with Gasteiger partial charge in [-0.1, -0.05) is 39.7 Å². The summed E-state index contributed by atoms with van der Waals surface area (Å²) in [4.78, 5) is 19.5. The number of aromatic amines is 1. The van der Waals surface area contributed by atoms with Crippen molar-refractivity contribution in [3.8, 4) is 11.1 Å². The molecule has 0 unspecified atom stereocenters. The maximum atomic E-state index is 12.5. The molecule has 0 aliphatic carbocycles. The summed E-state index contributed by atoms with van der Waals surface area (Å²) in [6.45, 7) is 0. The van der Waals surface area contributed by atoms with Crippen molar-refractivity contribution in [2.45, 2.75) is 0 Å². The fourth-order valence-corrected chi connectivity index (χ4v) is 2.47. The highest BCUT2D eigenvalue weighted by Gasteiger charge is 2.10. The van der Waals surface area contributed by atoms with E-state index < -0.39 is 0 Å². The maximum Gasteiger partial charge on any atom is 0.200 e. The minimum absolute atomic E-state index is 0.117. The van der Waals surface area contributed by atoms with E-state index in [9.17, 15) is 4.79 Å². The van der Waals surface area contributed by atoms with Crippen molar-refractivity contribution in [2.75, 3.05) is 0 Å². The zero-order valence-corrected chi connectivity index (χ0v) is 12.0. The van der Waals surface area contributed by atoms with Crippen LogP contribution in [-0.4, -0.2) is 9.97 Å². The van der Waals surface area contributed by atoms with E-state index in [1.807, 2.05) is 24.3 Å². The van der Waals surface area contributed by atoms with E-state index in [2.05, 4.69) is 25.9 Å². The molecule has 0 aliphatic rings. The molecular weight excluding hydrogens is 328 g/mol. The van der Waals surface area contributed by atoms with Crippen LogP contribution in [0.4, 0.5) is 0 Å². The number of H-pyrrole nitrogens is 1. The quantitative estimate of drug-likeness (QED) is 0.683. The summed E-state index contributed by atoms with van der Waals surface area (Å²) in [5, 5.41) is 0.641. The van der Waals surface area contributed by atoms with E-state index in [4.69, 9.17) is 11.6 Å². The molecule has 0 aliphatic heterocycles. The minimum atomic E-state index is -0.117. The zero-order chi connectivity index (χ0) is 13.4. The largest absolute Gasteiger partial charge is 0.360 e. The van der Waals surface area contributed by atoms with E-state index in [1.165, 1.54) is 0 Å². The highest BCUT2D eigenvalue weighted by Crippen LogP contribution is 2.22. The molecule has 2 heterocycles. The summed E-state index contributed by atoms with van der Waals surface area (Å²) in [6.07, 6.45) is 3.27. The lowest BCUT2D eigenvalue weighted by molar-refractivity contribution is 1.31. The number of halogens is 2. The molecule has 5 heteroatoms. The van der Waals surface area contributed by atoms with Crippen molar-refractivity contribution in [1.82, 2.24) is 9.97 Å². The molecule has 3 nitrogen and oxygen atoms in total. The van der Waals surface area contributed by atoms with Gasteiger partial charge < -0.3 is 4.98 Å². The first-order valence-corrected chi connectivity index (χ1v) is 6.76. The molecule has 1 aromatic carbocycles. The van der Waals surface area contributed by atoms with Crippen molar-refractivity contribution in [1.29, 1.82) is 0 Å². The van der Waals surface area contributed by atoms with Crippen molar-refractivity contribution in [2.24, 2.45) is 0 Å². The van der Waals surface area contributed by atoms with Gasteiger partial charge >= 0.3 is 0 Å². The predicted molar refractivity (Wildman–Crippen MR) is 80.5 cm³/mol. The van der Waals surface area contributed by atoms with Crippen LogP contribution in [0.25, 0.3) is 22.0 Å². The minimum Gasteiger partial charge on any atom is -0.360 e. The van der Waals surface area contributed by atoms with Crippen LogP contribution in [0.1, 0.15) is 0 Å². The van der Waals surface area contributed by atoms with Gasteiger partial charge in [0.15, 0.2) is 5.43 Å². The van der Waals surface area contributed by atoms with Crippen molar-refractivity contribution in [3.63, 3.8) is 0 Å². The molecule has 3 aromatic rings. The Kier molecular flexibility index (Phi) is 3.12. The Balaban J connectivity index is 2.32. The van der Waals surface area contributed by atoms with Crippen LogP contribution in [0.5, 0.6) is 0 Å². The van der Waals surface area contributed by atoms with Crippen LogP contribution in [0, 0.1) is 0 Å². The lowest BCUT2D eigenvalue weighted by Gasteiger charge is -2.04. The molecule has 0 spiro atoms. The van der Waals surface area contributed by atoms with Gasteiger partial charge in [-0.25, -0.2) is 4.98 Å². The third kappa shape index (κ3) is 2.17. The fraction of sp³-hybridized carbons (Fsp3) is 0. The topological polar surface area (TPSA) is 45.8 Å². The molecule has 0 bridgehead atoms. The molecule has 0 saturated carbocycles. The Morgan fingerprint density at radius 3 is 2.63 bits per heavy atom. The summed E-state index contributed by atoms with van der Waals surface area (Å²) in [5.74, 6) is 0. The van der Waals surface area contributed by atoms with Crippen LogP contribution >= 0.6 is 27.5 Å². The number of hydrogen-bond donors (Lipinski definition) is 1. The number of rotatable bonds is 1. The van der Waals surface area contributed by atoms with E-state index in [-0.39, 0.29) is 10.6 Å². The van der Waals surface area contributed by atoms with Gasteiger partial charge in [0, 0.05) is 22.4 Å². The summed E-state index contributed by atoms with van der Waals surface area (Å²) >= 11 is 9.38. The standard InChI is InChI=1S/C14H8BrClN2O/c15-9-3-1-8(2-4-9)10-7-18-11-5-6-17-14(16)12(11)13(10)19/h1-7H,(H,18,19). The van der Waals surface area contributed by atoms with Crippen molar-refractivity contribution >= 4 is 38.4 Å². The molecule has 0 fully saturated rings. The average molecular weight is 336 g/mol. The van der Waals surface area contributed by atoms with Crippen LogP contribution in [-0.2, 0) is 0 Å². The second kappa shape index (κ2) is 4.79. The molecule has 94 valence electrons. The van der Waals surface area contributed by atoms with Gasteiger partial charge in [0.2, 0.25) is 0 Å². The second-order valence-corrected chi connectivity index (χ2v) is 5.34. The van der Waals surface area contributed by atoms with E-state index in [0.29, 0.717) is 16.5 Å². The molecule has 1 N–H and O–H groups in total. The summed E-state index contributed by atoms with van der Waals surface area (Å²) in [7, 11) is 0. The zero-order valence-electron chi connectivity index (χ0n) is 9.65. The highest BCUT2D eigenvalue weighted by atomic mass is 79.9. The first kappa shape index (κ1) is 12.4. The Labute approximate surface area is 122 Å². The SMILES string of the molecule is O=c1c(-c2ccc(Br)cc2)c[nH]c2ccnc(Cl)c12.